The molecule has 88 valence electrons. The van der Waals surface area contributed by atoms with E-state index in [9.17, 15) is 4.39 Å². The van der Waals surface area contributed by atoms with Gasteiger partial charge in [0.2, 0.25) is 0 Å². The summed E-state index contributed by atoms with van der Waals surface area (Å²) in [5.41, 5.74) is 10.3. The lowest BCUT2D eigenvalue weighted by Crippen LogP contribution is -2.14. The Morgan fingerprint density at radius 3 is 2.24 bits per heavy atom. The van der Waals surface area contributed by atoms with Gasteiger partial charge in [0.15, 0.2) is 0 Å². The minimum absolute atomic E-state index is 0.197. The van der Waals surface area contributed by atoms with Crippen LogP contribution in [0.25, 0.3) is 0 Å². The fourth-order valence-electron chi connectivity index (χ4n) is 2.09. The summed E-state index contributed by atoms with van der Waals surface area (Å²) in [6.45, 7) is 3.92. The van der Waals surface area contributed by atoms with Gasteiger partial charge in [0.25, 0.3) is 0 Å². The van der Waals surface area contributed by atoms with Crippen molar-refractivity contribution in [3.8, 4) is 0 Å². The van der Waals surface area contributed by atoms with E-state index in [1.54, 1.807) is 6.07 Å². The molecule has 0 heterocycles. The quantitative estimate of drug-likeness (QED) is 0.838. The second kappa shape index (κ2) is 4.68. The van der Waals surface area contributed by atoms with Gasteiger partial charge >= 0.3 is 0 Å². The Bertz CT molecular complexity index is 534. The van der Waals surface area contributed by atoms with Crippen molar-refractivity contribution in [3.63, 3.8) is 0 Å². The van der Waals surface area contributed by atoms with Crippen LogP contribution in [0.15, 0.2) is 42.5 Å². The molecule has 1 unspecified atom stereocenters. The van der Waals surface area contributed by atoms with Gasteiger partial charge in [-0.25, -0.2) is 4.39 Å². The van der Waals surface area contributed by atoms with Crippen LogP contribution in [0.1, 0.15) is 28.3 Å². The van der Waals surface area contributed by atoms with Crippen LogP contribution < -0.4 is 5.73 Å². The molecule has 2 heteroatoms. The van der Waals surface area contributed by atoms with Crippen molar-refractivity contribution < 1.29 is 4.39 Å². The van der Waals surface area contributed by atoms with E-state index < -0.39 is 0 Å². The third-order valence-electron chi connectivity index (χ3n) is 3.09. The molecule has 2 N–H and O–H groups in total. The molecule has 0 spiro atoms. The minimum Gasteiger partial charge on any atom is -0.320 e. The highest BCUT2D eigenvalue weighted by molar-refractivity contribution is 5.39. The van der Waals surface area contributed by atoms with E-state index in [1.165, 1.54) is 12.1 Å². The van der Waals surface area contributed by atoms with Crippen LogP contribution in [0.2, 0.25) is 0 Å². The molecule has 0 amide bonds. The van der Waals surface area contributed by atoms with Crippen molar-refractivity contribution in [3.05, 3.63) is 70.5 Å². The summed E-state index contributed by atoms with van der Waals surface area (Å²) >= 11 is 0. The number of benzene rings is 2. The lowest BCUT2D eigenvalue weighted by Gasteiger charge is -2.17. The highest BCUT2D eigenvalue weighted by Crippen LogP contribution is 2.25. The highest BCUT2D eigenvalue weighted by atomic mass is 19.1. The third-order valence-corrected chi connectivity index (χ3v) is 3.09. The number of rotatable bonds is 2. The van der Waals surface area contributed by atoms with Gasteiger partial charge in [-0.15, -0.1) is 0 Å². The average Bonchev–Trinajstić information content (AvgIpc) is 2.29. The number of halogens is 1. The van der Waals surface area contributed by atoms with E-state index >= 15 is 0 Å². The molecule has 1 nitrogen and oxygen atoms in total. The van der Waals surface area contributed by atoms with Crippen molar-refractivity contribution >= 4 is 0 Å². The molecule has 1 atom stereocenters. The molecule has 0 fully saturated rings. The molecule has 0 aromatic heterocycles. The number of aryl methyl sites for hydroxylation is 2. The predicted molar refractivity (Wildman–Crippen MR) is 68.3 cm³/mol. The standard InChI is InChI=1S/C15H16FN/c1-10-5-3-4-6-13(10)15(17)14-8-7-12(16)9-11(14)2/h3-9,15H,17H2,1-2H3. The summed E-state index contributed by atoms with van der Waals surface area (Å²) in [6, 6.07) is 12.6. The molecule has 0 radical (unpaired) electrons. The Morgan fingerprint density at radius 1 is 0.941 bits per heavy atom. The van der Waals surface area contributed by atoms with E-state index in [-0.39, 0.29) is 11.9 Å². The average molecular weight is 229 g/mol. The van der Waals surface area contributed by atoms with Crippen molar-refractivity contribution in [2.45, 2.75) is 19.9 Å². The summed E-state index contributed by atoms with van der Waals surface area (Å²) in [4.78, 5) is 0. The van der Waals surface area contributed by atoms with Crippen LogP contribution in [0, 0.1) is 19.7 Å². The van der Waals surface area contributed by atoms with Crippen molar-refractivity contribution in [2.24, 2.45) is 5.73 Å². The van der Waals surface area contributed by atoms with E-state index in [4.69, 9.17) is 5.73 Å². The molecule has 2 rings (SSSR count). The molecule has 0 saturated carbocycles. The lowest BCUT2D eigenvalue weighted by molar-refractivity contribution is 0.624. The summed E-state index contributed by atoms with van der Waals surface area (Å²) < 4.78 is 13.1. The maximum atomic E-state index is 13.1. The van der Waals surface area contributed by atoms with Crippen LogP contribution in [0.5, 0.6) is 0 Å². The van der Waals surface area contributed by atoms with Gasteiger partial charge in [0.05, 0.1) is 6.04 Å². The molecular weight excluding hydrogens is 213 g/mol. The van der Waals surface area contributed by atoms with Crippen molar-refractivity contribution in [2.75, 3.05) is 0 Å². The van der Waals surface area contributed by atoms with Crippen molar-refractivity contribution in [1.29, 1.82) is 0 Å². The molecule has 0 aliphatic heterocycles. The lowest BCUT2D eigenvalue weighted by atomic mass is 9.93. The Balaban J connectivity index is 2.44. The van der Waals surface area contributed by atoms with Gasteiger partial charge < -0.3 is 5.73 Å². The molecule has 0 aliphatic carbocycles. The van der Waals surface area contributed by atoms with Gasteiger partial charge in [-0.3, -0.25) is 0 Å². The van der Waals surface area contributed by atoms with Crippen molar-refractivity contribution in [1.82, 2.24) is 0 Å². The number of nitrogens with two attached hydrogens (primary N) is 1. The van der Waals surface area contributed by atoms with Gasteiger partial charge in [-0.2, -0.15) is 0 Å². The van der Waals surface area contributed by atoms with Crippen LogP contribution in [0.4, 0.5) is 4.39 Å². The summed E-state index contributed by atoms with van der Waals surface area (Å²) in [5.74, 6) is -0.219. The van der Waals surface area contributed by atoms with Gasteiger partial charge in [-0.1, -0.05) is 30.3 Å². The molecule has 0 aliphatic rings. The first-order valence-corrected chi connectivity index (χ1v) is 5.67. The Labute approximate surface area is 101 Å². The number of hydrogen-bond donors (Lipinski definition) is 1. The Kier molecular flexibility index (Phi) is 3.25. The fourth-order valence-corrected chi connectivity index (χ4v) is 2.09. The van der Waals surface area contributed by atoms with Crippen LogP contribution in [-0.4, -0.2) is 0 Å². The van der Waals surface area contributed by atoms with E-state index in [1.807, 2.05) is 38.1 Å². The molecule has 0 bridgehead atoms. The minimum atomic E-state index is -0.219. The first kappa shape index (κ1) is 11.8. The topological polar surface area (TPSA) is 26.0 Å². The second-order valence-electron chi connectivity index (χ2n) is 4.34. The Morgan fingerprint density at radius 2 is 1.59 bits per heavy atom. The molecular formula is C15H16FN. The monoisotopic (exact) mass is 229 g/mol. The highest BCUT2D eigenvalue weighted by Gasteiger charge is 2.13. The predicted octanol–water partition coefficient (Wildman–Crippen LogP) is 3.49. The van der Waals surface area contributed by atoms with Gasteiger partial charge in [0, 0.05) is 0 Å². The van der Waals surface area contributed by atoms with Crippen LogP contribution in [0.3, 0.4) is 0 Å². The van der Waals surface area contributed by atoms with Gasteiger partial charge in [-0.05, 0) is 48.2 Å². The van der Waals surface area contributed by atoms with E-state index in [2.05, 4.69) is 0 Å². The molecule has 17 heavy (non-hydrogen) atoms. The largest absolute Gasteiger partial charge is 0.320 e. The smallest absolute Gasteiger partial charge is 0.123 e. The maximum Gasteiger partial charge on any atom is 0.123 e. The molecule has 2 aromatic carbocycles. The SMILES string of the molecule is Cc1ccccc1C(N)c1ccc(F)cc1C. The summed E-state index contributed by atoms with van der Waals surface area (Å²) in [5, 5.41) is 0. The maximum absolute atomic E-state index is 13.1. The van der Waals surface area contributed by atoms with Crippen LogP contribution >= 0.6 is 0 Å². The summed E-state index contributed by atoms with van der Waals surface area (Å²) in [6.07, 6.45) is 0. The third kappa shape index (κ3) is 2.37. The number of hydrogen-bond acceptors (Lipinski definition) is 1. The first-order valence-electron chi connectivity index (χ1n) is 5.67. The normalized spacial score (nSPS) is 12.5. The first-order chi connectivity index (χ1) is 8.09. The van der Waals surface area contributed by atoms with Gasteiger partial charge in [0.1, 0.15) is 5.82 Å². The molecule has 2 aromatic rings. The second-order valence-corrected chi connectivity index (χ2v) is 4.34. The fraction of sp³-hybridized carbons (Fsp3) is 0.200. The zero-order valence-corrected chi connectivity index (χ0v) is 10.1. The van der Waals surface area contributed by atoms with E-state index in [0.29, 0.717) is 0 Å². The van der Waals surface area contributed by atoms with E-state index in [0.717, 1.165) is 22.3 Å². The summed E-state index contributed by atoms with van der Waals surface area (Å²) in [7, 11) is 0. The van der Waals surface area contributed by atoms with Crippen LogP contribution in [-0.2, 0) is 0 Å². The molecule has 0 saturated heterocycles. The zero-order chi connectivity index (χ0) is 12.4. The zero-order valence-electron chi connectivity index (χ0n) is 10.1. The Hall–Kier alpha value is -1.67.